The van der Waals surface area contributed by atoms with Crippen molar-refractivity contribution in [2.45, 2.75) is 4.90 Å². The standard InChI is InChI=1S/C10H7Cl2NOS/c11-9-8(3-4-13-10(9)12)15-5-1-2-7(15)6-14/h1-6,15H. The number of hydrogen-bond acceptors (Lipinski definition) is 2. The van der Waals surface area contributed by atoms with Gasteiger partial charge in [0, 0.05) is 16.0 Å². The molecule has 1 aromatic heterocycles. The number of thiol groups is 1. The lowest BCUT2D eigenvalue weighted by molar-refractivity contribution is -0.104. The molecule has 0 aromatic carbocycles. The zero-order valence-electron chi connectivity index (χ0n) is 7.52. The third-order valence-corrected chi connectivity index (χ3v) is 5.06. The van der Waals surface area contributed by atoms with Crippen LogP contribution in [-0.2, 0) is 4.79 Å². The summed E-state index contributed by atoms with van der Waals surface area (Å²) in [5.74, 6) is 0. The first-order valence-corrected chi connectivity index (χ1v) is 6.33. The molecule has 2 nitrogen and oxygen atoms in total. The second kappa shape index (κ2) is 4.39. The number of aromatic nitrogens is 1. The highest BCUT2D eigenvalue weighted by molar-refractivity contribution is 8.23. The summed E-state index contributed by atoms with van der Waals surface area (Å²) >= 11 is 11.9. The Balaban J connectivity index is 2.47. The first kappa shape index (κ1) is 10.7. The number of hydrogen-bond donors (Lipinski definition) is 1. The normalized spacial score (nSPS) is 21.5. The summed E-state index contributed by atoms with van der Waals surface area (Å²) in [7, 11) is -0.785. The van der Waals surface area contributed by atoms with Gasteiger partial charge in [0.15, 0.2) is 6.29 Å². The Bertz CT molecular complexity index is 470. The number of carbonyl (C=O) groups is 1. The average Bonchev–Trinajstić information content (AvgIpc) is 2.70. The Kier molecular flexibility index (Phi) is 3.14. The summed E-state index contributed by atoms with van der Waals surface area (Å²) in [6.07, 6.45) is 6.11. The Morgan fingerprint density at radius 2 is 2.20 bits per heavy atom. The Hall–Kier alpha value is -0.770. The molecule has 2 rings (SSSR count). The smallest absolute Gasteiger partial charge is 0.155 e. The van der Waals surface area contributed by atoms with Crippen LogP contribution >= 0.6 is 34.1 Å². The van der Waals surface area contributed by atoms with Crippen molar-refractivity contribution >= 4 is 40.4 Å². The maximum atomic E-state index is 10.8. The monoisotopic (exact) mass is 259 g/mol. The molecule has 0 aliphatic carbocycles. The van der Waals surface area contributed by atoms with Crippen molar-refractivity contribution in [1.82, 2.24) is 4.98 Å². The van der Waals surface area contributed by atoms with E-state index in [1.54, 1.807) is 18.3 Å². The minimum Gasteiger partial charge on any atom is -0.297 e. The van der Waals surface area contributed by atoms with Gasteiger partial charge in [0.2, 0.25) is 0 Å². The fourth-order valence-electron chi connectivity index (χ4n) is 1.30. The van der Waals surface area contributed by atoms with Gasteiger partial charge in [-0.15, -0.1) is 0 Å². The van der Waals surface area contributed by atoms with Gasteiger partial charge in [0.25, 0.3) is 0 Å². The molecule has 5 heteroatoms. The molecule has 78 valence electrons. The number of aldehydes is 1. The molecule has 0 radical (unpaired) electrons. The number of allylic oxidation sites excluding steroid dienone is 3. The number of carbonyl (C=O) groups excluding carboxylic acids is 1. The van der Waals surface area contributed by atoms with Crippen LogP contribution in [0.15, 0.2) is 39.6 Å². The number of rotatable bonds is 2. The van der Waals surface area contributed by atoms with Crippen molar-refractivity contribution in [1.29, 1.82) is 0 Å². The van der Waals surface area contributed by atoms with E-state index < -0.39 is 10.9 Å². The highest BCUT2D eigenvalue weighted by Crippen LogP contribution is 2.50. The average molecular weight is 260 g/mol. The predicted octanol–water partition coefficient (Wildman–Crippen LogP) is 3.36. The van der Waals surface area contributed by atoms with Crippen LogP contribution in [0.25, 0.3) is 0 Å². The minimum absolute atomic E-state index is 0.280. The third kappa shape index (κ3) is 1.95. The van der Waals surface area contributed by atoms with E-state index in [1.165, 1.54) is 0 Å². The molecule has 0 bridgehead atoms. The fraction of sp³-hybridized carbons (Fsp3) is 0. The first-order valence-electron chi connectivity index (χ1n) is 4.17. The molecule has 0 fully saturated rings. The van der Waals surface area contributed by atoms with Gasteiger partial charge in [0.1, 0.15) is 5.15 Å². The molecule has 0 saturated heterocycles. The number of halogens is 2. The molecule has 1 unspecified atom stereocenters. The highest BCUT2D eigenvalue weighted by Gasteiger charge is 2.17. The fourth-order valence-corrected chi connectivity index (χ4v) is 3.69. The maximum absolute atomic E-state index is 10.8. The molecule has 2 heterocycles. The molecule has 1 aliphatic heterocycles. The second-order valence-corrected chi connectivity index (χ2v) is 5.63. The summed E-state index contributed by atoms with van der Waals surface area (Å²) in [5, 5.41) is 2.68. The summed E-state index contributed by atoms with van der Waals surface area (Å²) in [5.41, 5.74) is 0. The zero-order valence-corrected chi connectivity index (χ0v) is 9.93. The first-order chi connectivity index (χ1) is 7.24. The van der Waals surface area contributed by atoms with E-state index in [0.29, 0.717) is 5.02 Å². The molecule has 0 N–H and O–H groups in total. The van der Waals surface area contributed by atoms with E-state index in [-0.39, 0.29) is 5.15 Å². The van der Waals surface area contributed by atoms with E-state index in [9.17, 15) is 4.79 Å². The van der Waals surface area contributed by atoms with Gasteiger partial charge in [-0.25, -0.2) is 4.98 Å². The van der Waals surface area contributed by atoms with E-state index in [2.05, 4.69) is 4.98 Å². The van der Waals surface area contributed by atoms with Gasteiger partial charge in [0.05, 0.1) is 5.02 Å². The molecular formula is C10H7Cl2NOS. The third-order valence-electron chi connectivity index (χ3n) is 1.99. The lowest BCUT2D eigenvalue weighted by Crippen LogP contribution is -1.87. The van der Waals surface area contributed by atoms with Gasteiger partial charge in [-0.2, -0.15) is 10.9 Å². The van der Waals surface area contributed by atoms with Gasteiger partial charge in [-0.05, 0) is 17.6 Å². The van der Waals surface area contributed by atoms with Gasteiger partial charge in [-0.3, -0.25) is 4.79 Å². The van der Waals surface area contributed by atoms with E-state index >= 15 is 0 Å². The molecule has 1 aromatic rings. The van der Waals surface area contributed by atoms with E-state index in [1.807, 2.05) is 11.5 Å². The van der Waals surface area contributed by atoms with E-state index in [0.717, 1.165) is 16.1 Å². The van der Waals surface area contributed by atoms with Crippen LogP contribution in [0.1, 0.15) is 0 Å². The molecule has 1 atom stereocenters. The largest absolute Gasteiger partial charge is 0.297 e. The van der Waals surface area contributed by atoms with E-state index in [4.69, 9.17) is 23.2 Å². The van der Waals surface area contributed by atoms with Crippen LogP contribution < -0.4 is 0 Å². The van der Waals surface area contributed by atoms with Crippen LogP contribution in [0.2, 0.25) is 10.2 Å². The van der Waals surface area contributed by atoms with Crippen molar-refractivity contribution in [3.63, 3.8) is 0 Å². The quantitative estimate of drug-likeness (QED) is 0.502. The number of pyridine rings is 1. The van der Waals surface area contributed by atoms with Crippen LogP contribution in [0.5, 0.6) is 0 Å². The zero-order chi connectivity index (χ0) is 10.8. The van der Waals surface area contributed by atoms with Crippen molar-refractivity contribution in [2.24, 2.45) is 0 Å². The van der Waals surface area contributed by atoms with Gasteiger partial charge >= 0.3 is 0 Å². The SMILES string of the molecule is O=CC1=CC=C[SH]1c1ccnc(Cl)c1Cl. The van der Waals surface area contributed by atoms with Crippen LogP contribution in [0.3, 0.4) is 0 Å². The van der Waals surface area contributed by atoms with Crippen LogP contribution in [-0.4, -0.2) is 11.3 Å². The molecule has 1 aliphatic rings. The van der Waals surface area contributed by atoms with Crippen molar-refractivity contribution in [3.05, 3.63) is 44.9 Å². The molecule has 0 saturated carbocycles. The summed E-state index contributed by atoms with van der Waals surface area (Å²) < 4.78 is 0. The van der Waals surface area contributed by atoms with Gasteiger partial charge < -0.3 is 0 Å². The summed E-state index contributed by atoms with van der Waals surface area (Å²) in [4.78, 5) is 16.3. The summed E-state index contributed by atoms with van der Waals surface area (Å²) in [6.45, 7) is 0. The van der Waals surface area contributed by atoms with Crippen LogP contribution in [0.4, 0.5) is 0 Å². The topological polar surface area (TPSA) is 30.0 Å². The Labute approximate surface area is 99.9 Å². The van der Waals surface area contributed by atoms with Crippen LogP contribution in [0, 0.1) is 0 Å². The predicted molar refractivity (Wildman–Crippen MR) is 64.8 cm³/mol. The molecular weight excluding hydrogens is 253 g/mol. The summed E-state index contributed by atoms with van der Waals surface area (Å²) in [6, 6.07) is 1.80. The molecule has 15 heavy (non-hydrogen) atoms. The maximum Gasteiger partial charge on any atom is 0.155 e. The molecule has 0 spiro atoms. The highest BCUT2D eigenvalue weighted by atomic mass is 35.5. The molecule has 0 amide bonds. The Morgan fingerprint density at radius 1 is 1.40 bits per heavy atom. The van der Waals surface area contributed by atoms with Gasteiger partial charge in [-0.1, -0.05) is 29.3 Å². The van der Waals surface area contributed by atoms with Crippen molar-refractivity contribution < 1.29 is 4.79 Å². The van der Waals surface area contributed by atoms with Crippen molar-refractivity contribution in [3.8, 4) is 0 Å². The second-order valence-electron chi connectivity index (χ2n) is 2.86. The van der Waals surface area contributed by atoms with Crippen molar-refractivity contribution in [2.75, 3.05) is 0 Å². The minimum atomic E-state index is -0.785. The lowest BCUT2D eigenvalue weighted by Gasteiger charge is -2.16. The Morgan fingerprint density at radius 3 is 2.93 bits per heavy atom. The number of nitrogens with zero attached hydrogens (tertiary/aromatic N) is 1. The lowest BCUT2D eigenvalue weighted by atomic mass is 10.5.